The van der Waals surface area contributed by atoms with E-state index >= 15 is 0 Å². The Morgan fingerprint density at radius 2 is 1.81 bits per heavy atom. The normalized spacial score (nSPS) is 21.7. The first-order chi connectivity index (χ1) is 13.1. The van der Waals surface area contributed by atoms with E-state index in [0.29, 0.717) is 23.7 Å². The minimum Gasteiger partial charge on any atom is -0.349 e. The standard InChI is InChI=1S/C20H21BrN4O2/c21-14-6-4-12(5-7-14)17-11-18(25-24-17)20(27)23-16-3-1-2-13(10-16)19(26)22-15-8-9-15/h1-7,10,15,17-18,24-25H,8-9,11H2,(H,22,26)(H,23,27). The van der Waals surface area contributed by atoms with Crippen LogP contribution in [0.2, 0.25) is 0 Å². The van der Waals surface area contributed by atoms with Gasteiger partial charge in [-0.2, -0.15) is 0 Å². The number of anilines is 1. The van der Waals surface area contributed by atoms with Gasteiger partial charge in [0.05, 0.1) is 0 Å². The summed E-state index contributed by atoms with van der Waals surface area (Å²) >= 11 is 3.43. The number of halogens is 1. The molecule has 0 radical (unpaired) electrons. The smallest absolute Gasteiger partial charge is 0.251 e. The highest BCUT2D eigenvalue weighted by atomic mass is 79.9. The van der Waals surface area contributed by atoms with Crippen molar-refractivity contribution in [3.63, 3.8) is 0 Å². The molecule has 4 N–H and O–H groups in total. The molecule has 2 fully saturated rings. The number of hydrogen-bond acceptors (Lipinski definition) is 4. The summed E-state index contributed by atoms with van der Waals surface area (Å²) < 4.78 is 1.03. The number of amides is 2. The molecule has 27 heavy (non-hydrogen) atoms. The molecule has 1 aliphatic carbocycles. The Kier molecular flexibility index (Phi) is 5.24. The van der Waals surface area contributed by atoms with Gasteiger partial charge in [-0.15, -0.1) is 0 Å². The molecule has 1 saturated carbocycles. The lowest BCUT2D eigenvalue weighted by molar-refractivity contribution is -0.117. The molecule has 1 saturated heterocycles. The zero-order valence-electron chi connectivity index (χ0n) is 14.7. The Hall–Kier alpha value is -2.22. The lowest BCUT2D eigenvalue weighted by Crippen LogP contribution is -2.39. The van der Waals surface area contributed by atoms with Crippen LogP contribution in [-0.2, 0) is 4.79 Å². The lowest BCUT2D eigenvalue weighted by atomic mass is 10.0. The van der Waals surface area contributed by atoms with Crippen molar-refractivity contribution >= 4 is 33.4 Å². The van der Waals surface area contributed by atoms with Gasteiger partial charge >= 0.3 is 0 Å². The molecule has 0 aromatic heterocycles. The van der Waals surface area contributed by atoms with Crippen LogP contribution < -0.4 is 21.5 Å². The first-order valence-electron chi connectivity index (χ1n) is 9.07. The fraction of sp³-hybridized carbons (Fsp3) is 0.300. The molecule has 4 rings (SSSR count). The summed E-state index contributed by atoms with van der Waals surface area (Å²) in [5, 5.41) is 5.86. The van der Waals surface area contributed by atoms with Gasteiger partial charge in [-0.05, 0) is 55.2 Å². The van der Waals surface area contributed by atoms with Crippen molar-refractivity contribution in [2.45, 2.75) is 37.4 Å². The van der Waals surface area contributed by atoms with Crippen LogP contribution in [0.3, 0.4) is 0 Å². The van der Waals surface area contributed by atoms with E-state index in [4.69, 9.17) is 0 Å². The summed E-state index contributed by atoms with van der Waals surface area (Å²) in [4.78, 5) is 24.8. The van der Waals surface area contributed by atoms with Crippen molar-refractivity contribution in [2.75, 3.05) is 5.32 Å². The van der Waals surface area contributed by atoms with E-state index in [0.717, 1.165) is 22.9 Å². The molecule has 1 heterocycles. The van der Waals surface area contributed by atoms with E-state index in [1.807, 2.05) is 24.3 Å². The van der Waals surface area contributed by atoms with Gasteiger partial charge in [-0.3, -0.25) is 9.59 Å². The van der Waals surface area contributed by atoms with Crippen LogP contribution in [0, 0.1) is 0 Å². The molecule has 2 aromatic rings. The molecular weight excluding hydrogens is 408 g/mol. The highest BCUT2D eigenvalue weighted by Crippen LogP contribution is 2.25. The topological polar surface area (TPSA) is 82.3 Å². The summed E-state index contributed by atoms with van der Waals surface area (Å²) in [5.41, 5.74) is 8.54. The molecule has 140 valence electrons. The maximum Gasteiger partial charge on any atom is 0.251 e. The van der Waals surface area contributed by atoms with Crippen LogP contribution in [-0.4, -0.2) is 23.9 Å². The third-order valence-electron chi connectivity index (χ3n) is 4.80. The summed E-state index contributed by atoms with van der Waals surface area (Å²) in [6.45, 7) is 0. The minimum atomic E-state index is -0.345. The van der Waals surface area contributed by atoms with Gasteiger partial charge in [0.1, 0.15) is 6.04 Å². The molecule has 7 heteroatoms. The third-order valence-corrected chi connectivity index (χ3v) is 5.33. The van der Waals surface area contributed by atoms with Gasteiger partial charge in [-0.1, -0.05) is 34.1 Å². The maximum atomic E-state index is 12.6. The zero-order valence-corrected chi connectivity index (χ0v) is 16.3. The number of nitrogens with one attached hydrogen (secondary N) is 4. The van der Waals surface area contributed by atoms with Crippen molar-refractivity contribution < 1.29 is 9.59 Å². The average molecular weight is 429 g/mol. The summed E-state index contributed by atoms with van der Waals surface area (Å²) in [6, 6.07) is 15.1. The number of hydrazine groups is 1. The molecular formula is C20H21BrN4O2. The van der Waals surface area contributed by atoms with Gasteiger partial charge < -0.3 is 10.6 Å². The second kappa shape index (κ2) is 7.80. The van der Waals surface area contributed by atoms with Gasteiger partial charge in [0.25, 0.3) is 5.91 Å². The summed E-state index contributed by atoms with van der Waals surface area (Å²) in [7, 11) is 0. The third kappa shape index (κ3) is 4.55. The second-order valence-corrected chi connectivity index (χ2v) is 7.91. The van der Waals surface area contributed by atoms with Crippen LogP contribution in [0.5, 0.6) is 0 Å². The largest absolute Gasteiger partial charge is 0.349 e. The molecule has 6 nitrogen and oxygen atoms in total. The monoisotopic (exact) mass is 428 g/mol. The Morgan fingerprint density at radius 1 is 1.04 bits per heavy atom. The number of benzene rings is 2. The number of carbonyl (C=O) groups excluding carboxylic acids is 2. The van der Waals surface area contributed by atoms with Gasteiger partial charge in [0.15, 0.2) is 0 Å². The molecule has 1 aliphatic heterocycles. The second-order valence-electron chi connectivity index (χ2n) is 7.00. The summed E-state index contributed by atoms with van der Waals surface area (Å²) in [5.74, 6) is -0.216. The maximum absolute atomic E-state index is 12.6. The van der Waals surface area contributed by atoms with E-state index in [1.165, 1.54) is 0 Å². The van der Waals surface area contributed by atoms with Crippen LogP contribution in [0.4, 0.5) is 5.69 Å². The van der Waals surface area contributed by atoms with Gasteiger partial charge in [-0.25, -0.2) is 10.9 Å². The van der Waals surface area contributed by atoms with Crippen LogP contribution in [0.15, 0.2) is 53.0 Å². The SMILES string of the molecule is O=C(NC1CC1)c1cccc(NC(=O)C2CC(c3ccc(Br)cc3)NN2)c1. The highest BCUT2D eigenvalue weighted by Gasteiger charge is 2.30. The molecule has 2 aliphatic rings. The van der Waals surface area contributed by atoms with Gasteiger partial charge in [0.2, 0.25) is 5.91 Å². The van der Waals surface area contributed by atoms with E-state index in [-0.39, 0.29) is 23.9 Å². The average Bonchev–Trinajstić information content (AvgIpc) is 3.34. The minimum absolute atomic E-state index is 0.0736. The first-order valence-corrected chi connectivity index (χ1v) is 9.86. The quantitative estimate of drug-likeness (QED) is 0.589. The highest BCUT2D eigenvalue weighted by molar-refractivity contribution is 9.10. The molecule has 0 spiro atoms. The number of carbonyl (C=O) groups is 2. The van der Waals surface area contributed by atoms with E-state index < -0.39 is 0 Å². The van der Waals surface area contributed by atoms with E-state index in [9.17, 15) is 9.59 Å². The summed E-state index contributed by atoms with van der Waals surface area (Å²) in [6.07, 6.45) is 2.74. The molecule has 2 aromatic carbocycles. The van der Waals surface area contributed by atoms with E-state index in [2.05, 4.69) is 37.4 Å². The Morgan fingerprint density at radius 3 is 2.56 bits per heavy atom. The first kappa shape index (κ1) is 18.2. The Balaban J connectivity index is 1.36. The lowest BCUT2D eigenvalue weighted by Gasteiger charge is -2.12. The predicted molar refractivity (Wildman–Crippen MR) is 107 cm³/mol. The van der Waals surface area contributed by atoms with Crippen molar-refractivity contribution in [1.29, 1.82) is 0 Å². The van der Waals surface area contributed by atoms with Crippen LogP contribution >= 0.6 is 15.9 Å². The predicted octanol–water partition coefficient (Wildman–Crippen LogP) is 2.89. The van der Waals surface area contributed by atoms with Crippen LogP contribution in [0.25, 0.3) is 0 Å². The molecule has 2 amide bonds. The Bertz CT molecular complexity index is 851. The fourth-order valence-corrected chi connectivity index (χ4v) is 3.37. The molecule has 0 bridgehead atoms. The van der Waals surface area contributed by atoms with Crippen molar-refractivity contribution in [1.82, 2.24) is 16.2 Å². The Labute approximate surface area is 166 Å². The zero-order chi connectivity index (χ0) is 18.8. The number of rotatable bonds is 5. The van der Waals surface area contributed by atoms with Crippen LogP contribution in [0.1, 0.15) is 41.2 Å². The number of hydrogen-bond donors (Lipinski definition) is 4. The fourth-order valence-electron chi connectivity index (χ4n) is 3.11. The molecule has 2 unspecified atom stereocenters. The van der Waals surface area contributed by atoms with Crippen molar-refractivity contribution in [3.8, 4) is 0 Å². The van der Waals surface area contributed by atoms with Crippen molar-refractivity contribution in [2.24, 2.45) is 0 Å². The van der Waals surface area contributed by atoms with Crippen molar-refractivity contribution in [3.05, 3.63) is 64.1 Å². The molecule has 2 atom stereocenters. The van der Waals surface area contributed by atoms with Gasteiger partial charge in [0, 0.05) is 27.8 Å². The van der Waals surface area contributed by atoms with E-state index in [1.54, 1.807) is 24.3 Å².